The first kappa shape index (κ1) is 14.1. The lowest BCUT2D eigenvalue weighted by Crippen LogP contribution is -2.25. The van der Waals surface area contributed by atoms with Gasteiger partial charge in [-0.15, -0.1) is 16.4 Å². The molecule has 2 rings (SSSR count). The minimum absolute atomic E-state index is 0.123. The fourth-order valence-corrected chi connectivity index (χ4v) is 3.51. The van der Waals surface area contributed by atoms with E-state index in [-0.39, 0.29) is 15.8 Å². The smallest absolute Gasteiger partial charge is 0.272 e. The summed E-state index contributed by atoms with van der Waals surface area (Å²) in [5, 5.41) is 12.9. The molecular formula is C9H10N4O3S3. The van der Waals surface area contributed by atoms with Crippen LogP contribution in [-0.2, 0) is 16.4 Å². The molecule has 1 amide bonds. The number of primary sulfonamides is 1. The van der Waals surface area contributed by atoms with Gasteiger partial charge in [0.05, 0.1) is 0 Å². The quantitative estimate of drug-likeness (QED) is 0.818. The molecule has 7 nitrogen and oxygen atoms in total. The lowest BCUT2D eigenvalue weighted by atomic mass is 10.3. The number of amides is 1. The number of carbonyl (C=O) groups excluding carboxylic acids is 1. The summed E-state index contributed by atoms with van der Waals surface area (Å²) in [7, 11) is -3.64. The highest BCUT2D eigenvalue weighted by Gasteiger charge is 2.12. The van der Waals surface area contributed by atoms with Gasteiger partial charge in [0.25, 0.3) is 5.91 Å². The molecule has 0 saturated heterocycles. The summed E-state index contributed by atoms with van der Waals surface area (Å²) >= 11 is 2.20. The number of rotatable bonds is 5. The third-order valence-electron chi connectivity index (χ3n) is 2.17. The Kier molecular flexibility index (Phi) is 4.24. The van der Waals surface area contributed by atoms with Crippen LogP contribution in [0.4, 0.5) is 0 Å². The Bertz CT molecular complexity index is 663. The van der Waals surface area contributed by atoms with Crippen LogP contribution in [0.15, 0.2) is 21.7 Å². The molecule has 2 heterocycles. The SMILES string of the molecule is NS(=O)(=O)c1ccc(CCNC(=O)c2csnn2)s1. The first-order valence-corrected chi connectivity index (χ1v) is 8.33. The van der Waals surface area contributed by atoms with Gasteiger partial charge in [0.2, 0.25) is 10.0 Å². The van der Waals surface area contributed by atoms with E-state index in [2.05, 4.69) is 14.9 Å². The molecule has 2 aromatic heterocycles. The summed E-state index contributed by atoms with van der Waals surface area (Å²) in [5.74, 6) is -0.294. The zero-order chi connectivity index (χ0) is 13.9. The highest BCUT2D eigenvalue weighted by molar-refractivity contribution is 7.91. The molecule has 2 aromatic rings. The van der Waals surface area contributed by atoms with Crippen LogP contribution in [0.25, 0.3) is 0 Å². The molecule has 0 atom stereocenters. The molecule has 0 aliphatic rings. The molecule has 19 heavy (non-hydrogen) atoms. The molecule has 0 aliphatic heterocycles. The van der Waals surface area contributed by atoms with Crippen molar-refractivity contribution in [2.45, 2.75) is 10.6 Å². The zero-order valence-electron chi connectivity index (χ0n) is 9.57. The van der Waals surface area contributed by atoms with Crippen LogP contribution in [0.1, 0.15) is 15.4 Å². The minimum atomic E-state index is -3.64. The summed E-state index contributed by atoms with van der Waals surface area (Å²) in [6, 6.07) is 3.14. The van der Waals surface area contributed by atoms with E-state index < -0.39 is 10.0 Å². The van der Waals surface area contributed by atoms with E-state index in [4.69, 9.17) is 5.14 Å². The normalized spacial score (nSPS) is 11.4. The largest absolute Gasteiger partial charge is 0.350 e. The number of nitrogens with one attached hydrogen (secondary N) is 1. The number of nitrogens with zero attached hydrogens (tertiary/aromatic N) is 2. The van der Waals surface area contributed by atoms with Crippen LogP contribution >= 0.6 is 22.9 Å². The van der Waals surface area contributed by atoms with Crippen LogP contribution in [0.3, 0.4) is 0 Å². The molecule has 0 aliphatic carbocycles. The van der Waals surface area contributed by atoms with E-state index in [0.717, 1.165) is 27.7 Å². The van der Waals surface area contributed by atoms with E-state index in [1.807, 2.05) is 0 Å². The van der Waals surface area contributed by atoms with Crippen molar-refractivity contribution in [2.24, 2.45) is 5.14 Å². The summed E-state index contributed by atoms with van der Waals surface area (Å²) < 4.78 is 25.9. The molecule has 0 unspecified atom stereocenters. The fraction of sp³-hybridized carbons (Fsp3) is 0.222. The second-order valence-corrected chi connectivity index (χ2v) is 7.13. The molecule has 10 heteroatoms. The van der Waals surface area contributed by atoms with Crippen LogP contribution in [0.5, 0.6) is 0 Å². The third kappa shape index (κ3) is 3.80. The van der Waals surface area contributed by atoms with Gasteiger partial charge in [-0.25, -0.2) is 13.6 Å². The van der Waals surface area contributed by atoms with Crippen molar-refractivity contribution in [3.63, 3.8) is 0 Å². The van der Waals surface area contributed by atoms with Crippen LogP contribution in [-0.4, -0.2) is 30.5 Å². The zero-order valence-corrected chi connectivity index (χ0v) is 12.0. The molecule has 0 fully saturated rings. The Morgan fingerprint density at radius 3 is 2.79 bits per heavy atom. The maximum absolute atomic E-state index is 11.5. The first-order valence-electron chi connectivity index (χ1n) is 5.13. The van der Waals surface area contributed by atoms with Crippen LogP contribution in [0.2, 0.25) is 0 Å². The van der Waals surface area contributed by atoms with Gasteiger partial charge in [-0.1, -0.05) is 4.49 Å². The number of aromatic nitrogens is 2. The van der Waals surface area contributed by atoms with E-state index in [9.17, 15) is 13.2 Å². The number of hydrogen-bond donors (Lipinski definition) is 2. The van der Waals surface area contributed by atoms with Gasteiger partial charge in [0.15, 0.2) is 5.69 Å². The number of carbonyl (C=O) groups is 1. The lowest BCUT2D eigenvalue weighted by Gasteiger charge is -2.00. The van der Waals surface area contributed by atoms with E-state index in [1.54, 1.807) is 11.4 Å². The molecule has 0 radical (unpaired) electrons. The highest BCUT2D eigenvalue weighted by Crippen LogP contribution is 2.20. The van der Waals surface area contributed by atoms with Crippen molar-refractivity contribution < 1.29 is 13.2 Å². The highest BCUT2D eigenvalue weighted by atomic mass is 32.2. The lowest BCUT2D eigenvalue weighted by molar-refractivity contribution is 0.0949. The van der Waals surface area contributed by atoms with Gasteiger partial charge in [0, 0.05) is 16.8 Å². The molecule has 0 aromatic carbocycles. The number of hydrogen-bond acceptors (Lipinski definition) is 7. The van der Waals surface area contributed by atoms with Crippen molar-refractivity contribution in [1.82, 2.24) is 14.9 Å². The van der Waals surface area contributed by atoms with Crippen LogP contribution < -0.4 is 10.5 Å². The standard InChI is InChI=1S/C9H10N4O3S3/c10-19(15,16)8-2-1-6(18-8)3-4-11-9(14)7-5-17-13-12-7/h1-2,5H,3-4H2,(H,11,14)(H2,10,15,16). The number of sulfonamides is 1. The fourth-order valence-electron chi connectivity index (χ4n) is 1.30. The molecule has 0 saturated carbocycles. The molecule has 102 valence electrons. The van der Waals surface area contributed by atoms with Gasteiger partial charge in [0.1, 0.15) is 4.21 Å². The van der Waals surface area contributed by atoms with Crippen molar-refractivity contribution in [2.75, 3.05) is 6.54 Å². The van der Waals surface area contributed by atoms with Crippen molar-refractivity contribution in [1.29, 1.82) is 0 Å². The summed E-state index contributed by atoms with van der Waals surface area (Å²) in [6.07, 6.45) is 0.531. The van der Waals surface area contributed by atoms with Crippen molar-refractivity contribution in [3.8, 4) is 0 Å². The van der Waals surface area contributed by atoms with Gasteiger partial charge in [-0.3, -0.25) is 4.79 Å². The predicted octanol–water partition coefficient (Wildman–Crippen LogP) is 0.219. The summed E-state index contributed by atoms with van der Waals surface area (Å²) in [6.45, 7) is 0.390. The monoisotopic (exact) mass is 318 g/mol. The first-order chi connectivity index (χ1) is 8.97. The average molecular weight is 318 g/mol. The van der Waals surface area contributed by atoms with Gasteiger partial charge in [-0.2, -0.15) is 0 Å². The van der Waals surface area contributed by atoms with Gasteiger partial charge < -0.3 is 5.32 Å². The predicted molar refractivity (Wildman–Crippen MR) is 71.6 cm³/mol. The maximum Gasteiger partial charge on any atom is 0.272 e. The Morgan fingerprint density at radius 1 is 1.42 bits per heavy atom. The van der Waals surface area contributed by atoms with E-state index >= 15 is 0 Å². The van der Waals surface area contributed by atoms with Gasteiger partial charge in [-0.05, 0) is 30.1 Å². The molecular weight excluding hydrogens is 308 g/mol. The Labute approximate surface area is 117 Å². The minimum Gasteiger partial charge on any atom is -0.350 e. The van der Waals surface area contributed by atoms with E-state index in [0.29, 0.717) is 13.0 Å². The summed E-state index contributed by atoms with van der Waals surface area (Å²) in [5.41, 5.74) is 0.279. The second-order valence-electron chi connectivity index (χ2n) is 3.56. The van der Waals surface area contributed by atoms with Crippen LogP contribution in [0, 0.1) is 0 Å². The van der Waals surface area contributed by atoms with Crippen molar-refractivity contribution >= 4 is 38.8 Å². The Balaban J connectivity index is 1.86. The average Bonchev–Trinajstić information content (AvgIpc) is 2.99. The van der Waals surface area contributed by atoms with Gasteiger partial charge >= 0.3 is 0 Å². The summed E-state index contributed by atoms with van der Waals surface area (Å²) in [4.78, 5) is 12.4. The third-order valence-corrected chi connectivity index (χ3v) is 5.26. The second kappa shape index (κ2) is 5.74. The number of nitrogens with two attached hydrogens (primary N) is 1. The Morgan fingerprint density at radius 2 is 2.21 bits per heavy atom. The topological polar surface area (TPSA) is 115 Å². The molecule has 0 spiro atoms. The van der Waals surface area contributed by atoms with Crippen molar-refractivity contribution in [3.05, 3.63) is 28.1 Å². The van der Waals surface area contributed by atoms with E-state index in [1.165, 1.54) is 6.07 Å². The molecule has 0 bridgehead atoms. The maximum atomic E-state index is 11.5. The molecule has 3 N–H and O–H groups in total. The number of thiophene rings is 1. The Hall–Kier alpha value is -1.36.